The van der Waals surface area contributed by atoms with Crippen molar-refractivity contribution >= 4 is 33.0 Å². The molecule has 4 aromatic rings. The van der Waals surface area contributed by atoms with Crippen LogP contribution < -0.4 is 9.84 Å². The van der Waals surface area contributed by atoms with Gasteiger partial charge in [0.05, 0.1) is 21.8 Å². The van der Waals surface area contributed by atoms with Crippen LogP contribution in [0.15, 0.2) is 102 Å². The maximum atomic E-state index is 13.5. The molecule has 0 radical (unpaired) electrons. The molecule has 0 saturated carbocycles. The van der Waals surface area contributed by atoms with Crippen LogP contribution in [0.25, 0.3) is 0 Å². The van der Waals surface area contributed by atoms with Gasteiger partial charge in [0.2, 0.25) is 0 Å². The second-order valence-electron chi connectivity index (χ2n) is 7.98. The average molecular weight is 469 g/mol. The molecule has 1 aliphatic carbocycles. The zero-order valence-corrected chi connectivity index (χ0v) is 19.0. The SMILES string of the molecule is Cc1ccc(S(=O)(=O)NN(c2ccccc2)c2cccc3c2C(=O)c2ccccc2C3=O)cc1. The Bertz CT molecular complexity index is 1530. The Kier molecular flexibility index (Phi) is 5.36. The number of carbonyl (C=O) groups excluding carboxylic acids is 2. The quantitative estimate of drug-likeness (QED) is 0.375. The van der Waals surface area contributed by atoms with Crippen molar-refractivity contribution in [2.75, 3.05) is 5.01 Å². The Hall–Kier alpha value is -4.07. The van der Waals surface area contributed by atoms with Crippen molar-refractivity contribution < 1.29 is 18.0 Å². The molecule has 34 heavy (non-hydrogen) atoms. The number of nitrogens with one attached hydrogen (secondary N) is 1. The van der Waals surface area contributed by atoms with Crippen LogP contribution in [-0.2, 0) is 10.0 Å². The molecule has 0 heterocycles. The van der Waals surface area contributed by atoms with Crippen LogP contribution in [0.1, 0.15) is 37.4 Å². The lowest BCUT2D eigenvalue weighted by atomic mass is 9.83. The monoisotopic (exact) mass is 468 g/mol. The standard InChI is InChI=1S/C27H20N2O4S/c1-18-14-16-20(17-15-18)34(32,33)28-29(19-8-3-2-4-9-19)24-13-7-12-23-25(24)27(31)22-11-6-5-10-21(22)26(23)30/h2-17,28H,1H3. The van der Waals surface area contributed by atoms with Gasteiger partial charge in [-0.25, -0.2) is 8.42 Å². The summed E-state index contributed by atoms with van der Waals surface area (Å²) in [5, 5.41) is 1.34. The minimum absolute atomic E-state index is 0.0802. The number of benzene rings is 4. The fraction of sp³-hybridized carbons (Fsp3) is 0.0370. The van der Waals surface area contributed by atoms with Gasteiger partial charge in [0.25, 0.3) is 10.0 Å². The number of sulfonamides is 1. The summed E-state index contributed by atoms with van der Waals surface area (Å²) in [4.78, 5) is 29.4. The van der Waals surface area contributed by atoms with Gasteiger partial charge >= 0.3 is 0 Å². The van der Waals surface area contributed by atoms with Crippen LogP contribution in [0.2, 0.25) is 0 Å². The van der Waals surface area contributed by atoms with Gasteiger partial charge in [0.15, 0.2) is 11.6 Å². The smallest absolute Gasteiger partial charge is 0.257 e. The van der Waals surface area contributed by atoms with Gasteiger partial charge in [-0.2, -0.15) is 0 Å². The number of hydrogen-bond donors (Lipinski definition) is 1. The van der Waals surface area contributed by atoms with Crippen LogP contribution >= 0.6 is 0 Å². The van der Waals surface area contributed by atoms with Gasteiger partial charge < -0.3 is 0 Å². The first-order chi connectivity index (χ1) is 16.4. The Morgan fingerprint density at radius 2 is 1.24 bits per heavy atom. The summed E-state index contributed by atoms with van der Waals surface area (Å²) in [6.07, 6.45) is 0. The number of anilines is 2. The van der Waals surface area contributed by atoms with Crippen molar-refractivity contribution in [3.05, 3.63) is 125 Å². The topological polar surface area (TPSA) is 83.6 Å². The van der Waals surface area contributed by atoms with E-state index in [-0.39, 0.29) is 33.3 Å². The first-order valence-electron chi connectivity index (χ1n) is 10.6. The Labute approximate surface area is 197 Å². The number of fused-ring (bicyclic) bond motifs is 2. The molecule has 0 spiro atoms. The zero-order valence-electron chi connectivity index (χ0n) is 18.2. The lowest BCUT2D eigenvalue weighted by molar-refractivity contribution is 0.0979. The van der Waals surface area contributed by atoms with E-state index in [1.54, 1.807) is 78.9 Å². The summed E-state index contributed by atoms with van der Waals surface area (Å²) in [7, 11) is -4.01. The van der Waals surface area contributed by atoms with Gasteiger partial charge in [0, 0.05) is 16.7 Å². The normalized spacial score (nSPS) is 12.7. The molecule has 7 heteroatoms. The third-order valence-electron chi connectivity index (χ3n) is 5.73. The van der Waals surface area contributed by atoms with Gasteiger partial charge in [-0.1, -0.05) is 72.3 Å². The molecule has 0 amide bonds. The van der Waals surface area contributed by atoms with E-state index < -0.39 is 10.0 Å². The van der Waals surface area contributed by atoms with E-state index in [0.29, 0.717) is 16.8 Å². The molecule has 0 aromatic heterocycles. The maximum Gasteiger partial charge on any atom is 0.257 e. The predicted molar refractivity (Wildman–Crippen MR) is 130 cm³/mol. The number of aryl methyl sites for hydroxylation is 1. The summed E-state index contributed by atoms with van der Waals surface area (Å²) in [5.74, 6) is -0.613. The van der Waals surface area contributed by atoms with Crippen LogP contribution in [-0.4, -0.2) is 20.0 Å². The van der Waals surface area contributed by atoms with E-state index in [4.69, 9.17) is 0 Å². The van der Waals surface area contributed by atoms with Crippen LogP contribution in [0.4, 0.5) is 11.4 Å². The number of rotatable bonds is 5. The molecule has 1 aliphatic rings. The van der Waals surface area contributed by atoms with Crippen molar-refractivity contribution in [2.45, 2.75) is 11.8 Å². The molecule has 0 unspecified atom stereocenters. The molecule has 0 bridgehead atoms. The highest BCUT2D eigenvalue weighted by Crippen LogP contribution is 2.36. The molecular weight excluding hydrogens is 448 g/mol. The summed E-state index contributed by atoms with van der Waals surface area (Å²) in [6, 6.07) is 26.8. The van der Waals surface area contributed by atoms with Gasteiger partial charge in [0.1, 0.15) is 0 Å². The van der Waals surface area contributed by atoms with Crippen LogP contribution in [0.3, 0.4) is 0 Å². The Balaban J connectivity index is 1.68. The molecule has 0 fully saturated rings. The number of nitrogens with zero attached hydrogens (tertiary/aromatic N) is 1. The summed E-state index contributed by atoms with van der Waals surface area (Å²) in [6.45, 7) is 1.87. The first-order valence-corrected chi connectivity index (χ1v) is 12.1. The molecule has 6 nitrogen and oxygen atoms in total. The lowest BCUT2D eigenvalue weighted by Crippen LogP contribution is -2.40. The lowest BCUT2D eigenvalue weighted by Gasteiger charge is -2.29. The van der Waals surface area contributed by atoms with Gasteiger partial charge in [-0.05, 0) is 37.3 Å². The van der Waals surface area contributed by atoms with Crippen LogP contribution in [0, 0.1) is 6.92 Å². The highest BCUT2D eigenvalue weighted by molar-refractivity contribution is 7.89. The Morgan fingerprint density at radius 1 is 0.647 bits per heavy atom. The minimum Gasteiger partial charge on any atom is -0.289 e. The van der Waals surface area contributed by atoms with Gasteiger partial charge in [-0.3, -0.25) is 14.6 Å². The Morgan fingerprint density at radius 3 is 1.91 bits per heavy atom. The number of hydrazine groups is 1. The maximum absolute atomic E-state index is 13.5. The third-order valence-corrected chi connectivity index (χ3v) is 7.04. The number of para-hydroxylation sites is 1. The molecule has 4 aromatic carbocycles. The molecule has 0 atom stereocenters. The summed E-state index contributed by atoms with van der Waals surface area (Å²) < 4.78 is 26.6. The molecule has 0 aliphatic heterocycles. The van der Waals surface area contributed by atoms with Crippen molar-refractivity contribution in [1.29, 1.82) is 0 Å². The minimum atomic E-state index is -4.01. The van der Waals surface area contributed by atoms with E-state index >= 15 is 0 Å². The van der Waals surface area contributed by atoms with E-state index in [9.17, 15) is 18.0 Å². The predicted octanol–water partition coefficient (Wildman–Crippen LogP) is 4.80. The summed E-state index contributed by atoms with van der Waals surface area (Å²) >= 11 is 0. The number of ketones is 2. The second kappa shape index (κ2) is 8.37. The van der Waals surface area contributed by atoms with Crippen molar-refractivity contribution in [3.63, 3.8) is 0 Å². The fourth-order valence-electron chi connectivity index (χ4n) is 4.02. The zero-order chi connectivity index (χ0) is 23.9. The van der Waals surface area contributed by atoms with Gasteiger partial charge in [-0.15, -0.1) is 4.83 Å². The largest absolute Gasteiger partial charge is 0.289 e. The highest BCUT2D eigenvalue weighted by Gasteiger charge is 2.34. The van der Waals surface area contributed by atoms with Crippen molar-refractivity contribution in [2.24, 2.45) is 0 Å². The molecule has 1 N–H and O–H groups in total. The summed E-state index contributed by atoms with van der Waals surface area (Å²) in [5.41, 5.74) is 2.71. The van der Waals surface area contributed by atoms with E-state index in [0.717, 1.165) is 5.56 Å². The molecular formula is C27H20N2O4S. The molecule has 0 saturated heterocycles. The van der Waals surface area contributed by atoms with E-state index in [2.05, 4.69) is 4.83 Å². The highest BCUT2D eigenvalue weighted by atomic mass is 32.2. The molecule has 5 rings (SSSR count). The average Bonchev–Trinajstić information content (AvgIpc) is 2.86. The number of carbonyl (C=O) groups is 2. The molecule has 168 valence electrons. The van der Waals surface area contributed by atoms with E-state index in [1.807, 2.05) is 13.0 Å². The first kappa shape index (κ1) is 21.8. The van der Waals surface area contributed by atoms with Crippen molar-refractivity contribution in [1.82, 2.24) is 4.83 Å². The van der Waals surface area contributed by atoms with E-state index in [1.165, 1.54) is 17.1 Å². The second-order valence-corrected chi connectivity index (χ2v) is 9.64. The van der Waals surface area contributed by atoms with Crippen molar-refractivity contribution in [3.8, 4) is 0 Å². The van der Waals surface area contributed by atoms with Crippen LogP contribution in [0.5, 0.6) is 0 Å². The fourth-order valence-corrected chi connectivity index (χ4v) is 5.07. The number of hydrogen-bond acceptors (Lipinski definition) is 5. The third kappa shape index (κ3) is 3.71.